The van der Waals surface area contributed by atoms with E-state index in [1.165, 1.54) is 0 Å². The van der Waals surface area contributed by atoms with Gasteiger partial charge < -0.3 is 15.5 Å². The van der Waals surface area contributed by atoms with Gasteiger partial charge in [0.05, 0.1) is 6.61 Å². The predicted octanol–water partition coefficient (Wildman–Crippen LogP) is 1.58. The van der Waals surface area contributed by atoms with Gasteiger partial charge in [-0.25, -0.2) is 0 Å². The van der Waals surface area contributed by atoms with Crippen molar-refractivity contribution in [3.05, 3.63) is 48.0 Å². The van der Waals surface area contributed by atoms with Crippen molar-refractivity contribution in [3.8, 4) is 0 Å². The molecule has 0 unspecified atom stereocenters. The number of aliphatic hydroxyl groups excluding tert-OH is 1. The van der Waals surface area contributed by atoms with Crippen LogP contribution in [0.1, 0.15) is 12.5 Å². The van der Waals surface area contributed by atoms with E-state index in [1.807, 2.05) is 42.5 Å². The quantitative estimate of drug-likeness (QED) is 0.707. The van der Waals surface area contributed by atoms with Crippen LogP contribution in [0, 0.1) is 5.92 Å². The van der Waals surface area contributed by atoms with Gasteiger partial charge in [-0.15, -0.1) is 0 Å². The molecule has 0 saturated carbocycles. The monoisotopic (exact) mass is 301 g/mol. The molecule has 0 aliphatic carbocycles. The van der Waals surface area contributed by atoms with E-state index in [1.54, 1.807) is 6.92 Å². The van der Waals surface area contributed by atoms with E-state index in [0.717, 1.165) is 16.3 Å². The van der Waals surface area contributed by atoms with Crippen molar-refractivity contribution in [2.75, 3.05) is 6.61 Å². The summed E-state index contributed by atoms with van der Waals surface area (Å²) in [6.45, 7) is 1.39. The summed E-state index contributed by atoms with van der Waals surface area (Å²) in [6.07, 6.45) is 0.112. The van der Waals surface area contributed by atoms with Gasteiger partial charge in [0, 0.05) is 6.04 Å². The van der Waals surface area contributed by atoms with Gasteiger partial charge in [-0.05, 0) is 29.7 Å². The highest BCUT2D eigenvalue weighted by molar-refractivity contribution is 5.98. The number of amides is 1. The minimum Gasteiger partial charge on any atom is -0.481 e. The molecule has 3 N–H and O–H groups in total. The molecule has 2 rings (SSSR count). The van der Waals surface area contributed by atoms with Gasteiger partial charge in [0.25, 0.3) is 0 Å². The van der Waals surface area contributed by atoms with Gasteiger partial charge in [0.2, 0.25) is 5.91 Å². The molecule has 1 amide bonds. The highest BCUT2D eigenvalue weighted by Crippen LogP contribution is 2.21. The Morgan fingerprint density at radius 2 is 1.82 bits per heavy atom. The highest BCUT2D eigenvalue weighted by atomic mass is 16.4. The molecule has 0 bridgehead atoms. The number of rotatable bonds is 6. The number of fused-ring (bicyclic) bond motifs is 1. The largest absolute Gasteiger partial charge is 0.481 e. The van der Waals surface area contributed by atoms with Gasteiger partial charge in [0.1, 0.15) is 5.92 Å². The number of benzene rings is 2. The first-order valence-corrected chi connectivity index (χ1v) is 7.13. The Hall–Kier alpha value is -2.40. The Morgan fingerprint density at radius 1 is 1.14 bits per heavy atom. The van der Waals surface area contributed by atoms with Crippen LogP contribution in [0.3, 0.4) is 0 Å². The molecule has 5 nitrogen and oxygen atoms in total. The van der Waals surface area contributed by atoms with Gasteiger partial charge in [-0.2, -0.15) is 0 Å². The van der Waals surface area contributed by atoms with E-state index in [4.69, 9.17) is 5.11 Å². The molecule has 0 aromatic heterocycles. The number of aliphatic hydroxyl groups is 1. The van der Waals surface area contributed by atoms with Crippen molar-refractivity contribution in [1.82, 2.24) is 5.32 Å². The third-order valence-electron chi connectivity index (χ3n) is 3.58. The zero-order valence-corrected chi connectivity index (χ0v) is 12.3. The molecule has 0 heterocycles. The Balaban J connectivity index is 2.27. The maximum atomic E-state index is 12.1. The van der Waals surface area contributed by atoms with Crippen molar-refractivity contribution in [2.45, 2.75) is 19.4 Å². The number of carbonyl (C=O) groups is 2. The normalized spacial score (nSPS) is 13.5. The summed E-state index contributed by atoms with van der Waals surface area (Å²) in [6, 6.07) is 12.8. The van der Waals surface area contributed by atoms with Crippen molar-refractivity contribution in [3.63, 3.8) is 0 Å². The van der Waals surface area contributed by atoms with Crippen molar-refractivity contribution in [1.29, 1.82) is 0 Å². The maximum Gasteiger partial charge on any atom is 0.316 e. The molecule has 0 aliphatic rings. The Morgan fingerprint density at radius 3 is 2.50 bits per heavy atom. The summed E-state index contributed by atoms with van der Waals surface area (Å²) in [4.78, 5) is 23.5. The van der Waals surface area contributed by atoms with E-state index < -0.39 is 23.8 Å². The SMILES string of the molecule is C[C@@H](CO)NC(=O)[C@@H](Cc1cccc2ccccc12)C(=O)O. The molecule has 2 atom stereocenters. The molecule has 5 heteroatoms. The molecular weight excluding hydrogens is 282 g/mol. The van der Waals surface area contributed by atoms with Crippen LogP contribution in [-0.2, 0) is 16.0 Å². The lowest BCUT2D eigenvalue weighted by Crippen LogP contribution is -2.42. The summed E-state index contributed by atoms with van der Waals surface area (Å²) < 4.78 is 0. The maximum absolute atomic E-state index is 12.1. The van der Waals surface area contributed by atoms with Crippen LogP contribution in [-0.4, -0.2) is 34.7 Å². The zero-order valence-electron chi connectivity index (χ0n) is 12.3. The first-order chi connectivity index (χ1) is 10.5. The molecule has 2 aromatic rings. The zero-order chi connectivity index (χ0) is 16.1. The third-order valence-corrected chi connectivity index (χ3v) is 3.58. The first-order valence-electron chi connectivity index (χ1n) is 7.13. The molecule has 0 fully saturated rings. The second kappa shape index (κ2) is 7.04. The van der Waals surface area contributed by atoms with E-state index in [2.05, 4.69) is 5.32 Å². The number of aliphatic carboxylic acids is 1. The lowest BCUT2D eigenvalue weighted by Gasteiger charge is -2.17. The van der Waals surface area contributed by atoms with Crippen LogP contribution in [0.15, 0.2) is 42.5 Å². The Bertz CT molecular complexity index is 678. The minimum atomic E-state index is -1.18. The average molecular weight is 301 g/mol. The van der Waals surface area contributed by atoms with Gasteiger partial charge >= 0.3 is 5.97 Å². The van der Waals surface area contributed by atoms with Crippen LogP contribution in [0.25, 0.3) is 10.8 Å². The lowest BCUT2D eigenvalue weighted by atomic mass is 9.94. The molecule has 0 radical (unpaired) electrons. The number of hydrogen-bond acceptors (Lipinski definition) is 3. The van der Waals surface area contributed by atoms with Crippen LogP contribution < -0.4 is 5.32 Å². The topological polar surface area (TPSA) is 86.6 Å². The fourth-order valence-electron chi connectivity index (χ4n) is 2.37. The van der Waals surface area contributed by atoms with Crippen molar-refractivity contribution < 1.29 is 19.8 Å². The Kier molecular flexibility index (Phi) is 5.12. The van der Waals surface area contributed by atoms with E-state index in [0.29, 0.717) is 0 Å². The Labute approximate surface area is 128 Å². The van der Waals surface area contributed by atoms with Crippen LogP contribution >= 0.6 is 0 Å². The van der Waals surface area contributed by atoms with Crippen molar-refractivity contribution >= 4 is 22.6 Å². The fraction of sp³-hybridized carbons (Fsp3) is 0.294. The summed E-state index contributed by atoms with van der Waals surface area (Å²) >= 11 is 0. The van der Waals surface area contributed by atoms with Crippen LogP contribution in [0.4, 0.5) is 0 Å². The van der Waals surface area contributed by atoms with E-state index in [-0.39, 0.29) is 13.0 Å². The van der Waals surface area contributed by atoms with Gasteiger partial charge in [-0.3, -0.25) is 9.59 Å². The summed E-state index contributed by atoms with van der Waals surface area (Å²) in [7, 11) is 0. The highest BCUT2D eigenvalue weighted by Gasteiger charge is 2.27. The number of carbonyl (C=O) groups excluding carboxylic acids is 1. The fourth-order valence-corrected chi connectivity index (χ4v) is 2.37. The first kappa shape index (κ1) is 16.0. The summed E-state index contributed by atoms with van der Waals surface area (Å²) in [5.41, 5.74) is 0.817. The standard InChI is InChI=1S/C17H19NO4/c1-11(10-19)18-16(20)15(17(21)22)9-13-7-4-6-12-5-2-3-8-14(12)13/h2-8,11,15,19H,9-10H2,1H3,(H,18,20)(H,21,22)/t11-,15+/m0/s1. The molecule has 116 valence electrons. The molecule has 22 heavy (non-hydrogen) atoms. The molecule has 2 aromatic carbocycles. The number of nitrogens with one attached hydrogen (secondary N) is 1. The lowest BCUT2D eigenvalue weighted by molar-refractivity contribution is -0.147. The van der Waals surface area contributed by atoms with Crippen LogP contribution in [0.5, 0.6) is 0 Å². The summed E-state index contributed by atoms with van der Waals surface area (Å²) in [5, 5.41) is 22.8. The predicted molar refractivity (Wildman–Crippen MR) is 83.5 cm³/mol. The van der Waals surface area contributed by atoms with E-state index in [9.17, 15) is 14.7 Å². The average Bonchev–Trinajstić information content (AvgIpc) is 2.52. The minimum absolute atomic E-state index is 0.112. The van der Waals surface area contributed by atoms with E-state index >= 15 is 0 Å². The van der Waals surface area contributed by atoms with Gasteiger partial charge in [-0.1, -0.05) is 42.5 Å². The number of carboxylic acid groups (broad SMARTS) is 1. The summed E-state index contributed by atoms with van der Waals surface area (Å²) in [5.74, 6) is -2.93. The second-order valence-electron chi connectivity index (χ2n) is 5.33. The van der Waals surface area contributed by atoms with Crippen LogP contribution in [0.2, 0.25) is 0 Å². The third kappa shape index (κ3) is 3.62. The number of hydrogen-bond donors (Lipinski definition) is 3. The smallest absolute Gasteiger partial charge is 0.316 e. The number of carboxylic acids is 1. The molecule has 0 aliphatic heterocycles. The van der Waals surface area contributed by atoms with Crippen molar-refractivity contribution in [2.24, 2.45) is 5.92 Å². The molecule has 0 spiro atoms. The second-order valence-corrected chi connectivity index (χ2v) is 5.33. The molecule has 0 saturated heterocycles. The van der Waals surface area contributed by atoms with Gasteiger partial charge in [0.15, 0.2) is 0 Å². The molecular formula is C17H19NO4.